The Morgan fingerprint density at radius 1 is 1.14 bits per heavy atom. The molecular formula is C23H31BrN6O4Si. The van der Waals surface area contributed by atoms with E-state index in [9.17, 15) is 9.59 Å². The lowest BCUT2D eigenvalue weighted by Gasteiger charge is -2.27. The van der Waals surface area contributed by atoms with E-state index in [0.29, 0.717) is 17.7 Å². The zero-order valence-electron chi connectivity index (χ0n) is 21.0. The Morgan fingerprint density at radius 3 is 2.34 bits per heavy atom. The van der Waals surface area contributed by atoms with E-state index >= 15 is 0 Å². The molecule has 0 bridgehead atoms. The summed E-state index contributed by atoms with van der Waals surface area (Å²) in [6, 6.07) is 7.91. The molecule has 0 spiro atoms. The van der Waals surface area contributed by atoms with Crippen LogP contribution < -0.4 is 21.1 Å². The van der Waals surface area contributed by atoms with E-state index in [4.69, 9.17) is 15.2 Å². The van der Waals surface area contributed by atoms with Gasteiger partial charge in [0, 0.05) is 19.6 Å². The first kappa shape index (κ1) is 26.6. The van der Waals surface area contributed by atoms with Gasteiger partial charge < -0.3 is 15.2 Å². The molecule has 35 heavy (non-hydrogen) atoms. The third-order valence-corrected chi connectivity index (χ3v) is 7.11. The number of nitrogens with two attached hydrogens (primary N) is 1. The Morgan fingerprint density at radius 2 is 1.77 bits per heavy atom. The van der Waals surface area contributed by atoms with Gasteiger partial charge in [-0.1, -0.05) is 35.6 Å². The van der Waals surface area contributed by atoms with Crippen molar-refractivity contribution in [3.63, 3.8) is 0 Å². The van der Waals surface area contributed by atoms with E-state index in [-0.39, 0.29) is 23.3 Å². The third-order valence-electron chi connectivity index (χ3n) is 4.87. The number of rotatable bonds is 6. The third kappa shape index (κ3) is 6.57. The molecule has 3 aromatic rings. The standard InChI is InChI=1S/C23H31BrN6O4Si/c1-23(2,3)34-22(32)30(15-10-8-14(24)9-11-15)20-27-18-16(17(25)26-21(31)29(18)4)19(28-20)33-12-13-35(5,6)7/h8-11H,12-13H2,1-7H3,(H2,25,26,31). The van der Waals surface area contributed by atoms with Crippen molar-refractivity contribution in [2.45, 2.75) is 52.1 Å². The summed E-state index contributed by atoms with van der Waals surface area (Å²) in [5.41, 5.74) is 5.42. The van der Waals surface area contributed by atoms with Crippen molar-refractivity contribution < 1.29 is 14.3 Å². The highest BCUT2D eigenvalue weighted by Gasteiger charge is 2.29. The number of aryl methyl sites for hydroxylation is 1. The van der Waals surface area contributed by atoms with Crippen molar-refractivity contribution in [3.05, 3.63) is 39.2 Å². The average Bonchev–Trinajstić information content (AvgIpc) is 2.71. The lowest BCUT2D eigenvalue weighted by atomic mass is 10.2. The second-order valence-corrected chi connectivity index (χ2v) is 16.9. The smallest absolute Gasteiger partial charge is 0.421 e. The molecule has 0 aliphatic rings. The van der Waals surface area contributed by atoms with Crippen molar-refractivity contribution in [3.8, 4) is 5.88 Å². The fourth-order valence-corrected chi connectivity index (χ4v) is 4.05. The highest BCUT2D eigenvalue weighted by atomic mass is 79.9. The van der Waals surface area contributed by atoms with Crippen LogP contribution in [-0.4, -0.2) is 45.9 Å². The number of anilines is 3. The van der Waals surface area contributed by atoms with E-state index in [1.807, 2.05) is 0 Å². The minimum atomic E-state index is -1.41. The van der Waals surface area contributed by atoms with Crippen LogP contribution in [0.1, 0.15) is 20.8 Å². The molecule has 0 atom stereocenters. The summed E-state index contributed by atoms with van der Waals surface area (Å²) in [7, 11) is 0.115. The Hall–Kier alpha value is -2.99. The van der Waals surface area contributed by atoms with Crippen LogP contribution in [0.2, 0.25) is 25.7 Å². The summed E-state index contributed by atoms with van der Waals surface area (Å²) >= 11 is 3.41. The van der Waals surface area contributed by atoms with Gasteiger partial charge in [-0.05, 0) is 51.1 Å². The highest BCUT2D eigenvalue weighted by molar-refractivity contribution is 9.10. The summed E-state index contributed by atoms with van der Waals surface area (Å²) < 4.78 is 13.8. The number of nitrogen functional groups attached to an aromatic ring is 1. The molecule has 1 aromatic carbocycles. The van der Waals surface area contributed by atoms with Gasteiger partial charge in [-0.2, -0.15) is 15.0 Å². The normalized spacial score (nSPS) is 12.0. The van der Waals surface area contributed by atoms with Crippen LogP contribution in [0.3, 0.4) is 0 Å². The first-order valence-corrected chi connectivity index (χ1v) is 15.6. The molecule has 3 rings (SSSR count). The average molecular weight is 564 g/mol. The van der Waals surface area contributed by atoms with Crippen LogP contribution >= 0.6 is 15.9 Å². The second-order valence-electron chi connectivity index (χ2n) is 10.3. The summed E-state index contributed by atoms with van der Waals surface area (Å²) in [5.74, 6) is 0.0947. The van der Waals surface area contributed by atoms with Gasteiger partial charge >= 0.3 is 11.8 Å². The fourth-order valence-electron chi connectivity index (χ4n) is 3.07. The molecular weight excluding hydrogens is 532 g/mol. The van der Waals surface area contributed by atoms with Crippen LogP contribution in [0.25, 0.3) is 11.0 Å². The summed E-state index contributed by atoms with van der Waals surface area (Å²) in [6.07, 6.45) is -0.681. The Kier molecular flexibility index (Phi) is 7.55. The van der Waals surface area contributed by atoms with Gasteiger partial charge in [0.25, 0.3) is 0 Å². The summed E-state index contributed by atoms with van der Waals surface area (Å²) in [5, 5.41) is 0.311. The van der Waals surface area contributed by atoms with Crippen molar-refractivity contribution in [1.82, 2.24) is 19.5 Å². The Balaban J connectivity index is 2.24. The molecule has 0 radical (unpaired) electrons. The van der Waals surface area contributed by atoms with Gasteiger partial charge in [0.15, 0.2) is 5.65 Å². The van der Waals surface area contributed by atoms with Gasteiger partial charge in [-0.25, -0.2) is 14.5 Å². The van der Waals surface area contributed by atoms with E-state index in [2.05, 4.69) is 50.5 Å². The minimum Gasteiger partial charge on any atom is -0.477 e. The number of aromatic nitrogens is 4. The zero-order chi connectivity index (χ0) is 26.1. The number of ether oxygens (including phenoxy) is 2. The quantitative estimate of drug-likeness (QED) is 0.422. The van der Waals surface area contributed by atoms with Crippen molar-refractivity contribution >= 4 is 58.6 Å². The fraction of sp³-hybridized carbons (Fsp3) is 0.435. The molecule has 188 valence electrons. The molecule has 0 aliphatic carbocycles. The predicted molar refractivity (Wildman–Crippen MR) is 143 cm³/mol. The van der Waals surface area contributed by atoms with E-state index in [0.717, 1.165) is 10.5 Å². The van der Waals surface area contributed by atoms with Crippen LogP contribution in [0.15, 0.2) is 33.5 Å². The molecule has 0 unspecified atom stereocenters. The number of halogens is 1. The van der Waals surface area contributed by atoms with E-state index in [1.54, 1.807) is 45.0 Å². The van der Waals surface area contributed by atoms with Crippen LogP contribution in [0, 0.1) is 0 Å². The van der Waals surface area contributed by atoms with Crippen LogP contribution in [-0.2, 0) is 11.8 Å². The van der Waals surface area contributed by atoms with E-state index in [1.165, 1.54) is 16.5 Å². The molecule has 0 saturated carbocycles. The minimum absolute atomic E-state index is 0.0160. The largest absolute Gasteiger partial charge is 0.477 e. The van der Waals surface area contributed by atoms with Crippen molar-refractivity contribution in [1.29, 1.82) is 0 Å². The van der Waals surface area contributed by atoms with Crippen molar-refractivity contribution in [2.24, 2.45) is 7.05 Å². The SMILES string of the molecule is Cn1c(=O)nc(N)c2c(OCC[Si](C)(C)C)nc(N(C(=O)OC(C)(C)C)c3ccc(Br)cc3)nc21. The maximum Gasteiger partial charge on any atom is 0.421 e. The van der Waals surface area contributed by atoms with E-state index < -0.39 is 25.5 Å². The van der Waals surface area contributed by atoms with Gasteiger partial charge in [0.2, 0.25) is 11.8 Å². The number of amides is 1. The number of hydrogen-bond acceptors (Lipinski definition) is 8. The van der Waals surface area contributed by atoms with Crippen molar-refractivity contribution in [2.75, 3.05) is 17.2 Å². The number of carbonyl (C=O) groups is 1. The second kappa shape index (κ2) is 9.94. The monoisotopic (exact) mass is 562 g/mol. The number of hydrogen-bond donors (Lipinski definition) is 1. The topological polar surface area (TPSA) is 125 Å². The van der Waals surface area contributed by atoms with Gasteiger partial charge in [-0.3, -0.25) is 4.57 Å². The van der Waals surface area contributed by atoms with Gasteiger partial charge in [0.05, 0.1) is 12.3 Å². The lowest BCUT2D eigenvalue weighted by Crippen LogP contribution is -2.35. The molecule has 2 heterocycles. The number of benzene rings is 1. The molecule has 2 N–H and O–H groups in total. The Labute approximate surface area is 213 Å². The summed E-state index contributed by atoms with van der Waals surface area (Å²) in [4.78, 5) is 39.9. The molecule has 1 amide bonds. The number of nitrogens with zero attached hydrogens (tertiary/aromatic N) is 5. The molecule has 10 nitrogen and oxygen atoms in total. The zero-order valence-corrected chi connectivity index (χ0v) is 23.6. The first-order chi connectivity index (χ1) is 16.2. The number of carbonyl (C=O) groups excluding carboxylic acids is 1. The first-order valence-electron chi connectivity index (χ1n) is 11.1. The maximum atomic E-state index is 13.3. The summed E-state index contributed by atoms with van der Waals surface area (Å²) in [6.45, 7) is 12.4. The molecule has 12 heteroatoms. The maximum absolute atomic E-state index is 13.3. The molecule has 0 fully saturated rings. The highest BCUT2D eigenvalue weighted by Crippen LogP contribution is 2.32. The van der Waals surface area contributed by atoms with Gasteiger partial charge in [-0.15, -0.1) is 0 Å². The lowest BCUT2D eigenvalue weighted by molar-refractivity contribution is 0.0597. The Bertz CT molecular complexity index is 1300. The molecule has 0 aliphatic heterocycles. The van der Waals surface area contributed by atoms with Crippen LogP contribution in [0.4, 0.5) is 22.2 Å². The van der Waals surface area contributed by atoms with Crippen LogP contribution in [0.5, 0.6) is 5.88 Å². The predicted octanol–water partition coefficient (Wildman–Crippen LogP) is 4.86. The molecule has 0 saturated heterocycles. The van der Waals surface area contributed by atoms with Gasteiger partial charge in [0.1, 0.15) is 16.8 Å². The number of fused-ring (bicyclic) bond motifs is 1. The molecule has 2 aromatic heterocycles.